The smallest absolute Gasteiger partial charge is 0.250 e. The summed E-state index contributed by atoms with van der Waals surface area (Å²) in [5, 5.41) is 5.20. The third-order valence-electron chi connectivity index (χ3n) is 2.64. The van der Waals surface area contributed by atoms with E-state index in [9.17, 15) is 8.42 Å². The molecule has 2 aromatic rings. The van der Waals surface area contributed by atoms with E-state index in [-0.39, 0.29) is 0 Å². The molecule has 2 heterocycles. The van der Waals surface area contributed by atoms with Crippen LogP contribution < -0.4 is 10.0 Å². The van der Waals surface area contributed by atoms with Gasteiger partial charge in [0.15, 0.2) is 0 Å². The summed E-state index contributed by atoms with van der Waals surface area (Å²) in [6.45, 7) is 4.11. The largest absolute Gasteiger partial charge is 0.312 e. The molecule has 0 amide bonds. The average molecular weight is 330 g/mol. The maximum absolute atomic E-state index is 12.2. The molecule has 0 unspecified atom stereocenters. The van der Waals surface area contributed by atoms with E-state index in [1.807, 2.05) is 23.6 Å². The van der Waals surface area contributed by atoms with E-state index in [1.54, 1.807) is 17.4 Å². The molecule has 7 heteroatoms. The number of rotatable bonds is 8. The zero-order valence-electron chi connectivity index (χ0n) is 11.3. The summed E-state index contributed by atoms with van der Waals surface area (Å²) in [4.78, 5) is 2.05. The van der Waals surface area contributed by atoms with Crippen molar-refractivity contribution in [3.05, 3.63) is 39.4 Å². The molecule has 0 aliphatic rings. The topological polar surface area (TPSA) is 58.2 Å². The molecule has 0 aromatic carbocycles. The summed E-state index contributed by atoms with van der Waals surface area (Å²) < 4.78 is 27.3. The molecule has 0 atom stereocenters. The summed E-state index contributed by atoms with van der Waals surface area (Å²) >= 11 is 2.86. The van der Waals surface area contributed by atoms with Gasteiger partial charge in [-0.1, -0.05) is 13.0 Å². The third-order valence-corrected chi connectivity index (χ3v) is 6.50. The molecule has 0 aliphatic carbocycles. The van der Waals surface area contributed by atoms with Gasteiger partial charge >= 0.3 is 0 Å². The lowest BCUT2D eigenvalue weighted by molar-refractivity contribution is 0.584. The molecular formula is C13H18N2O2S3. The van der Waals surface area contributed by atoms with Crippen LogP contribution >= 0.6 is 22.7 Å². The maximum atomic E-state index is 12.2. The van der Waals surface area contributed by atoms with Gasteiger partial charge in [0.25, 0.3) is 0 Å². The van der Waals surface area contributed by atoms with Crippen molar-refractivity contribution >= 4 is 32.7 Å². The molecule has 110 valence electrons. The molecule has 2 rings (SSSR count). The lowest BCUT2D eigenvalue weighted by Crippen LogP contribution is -2.21. The van der Waals surface area contributed by atoms with Crippen LogP contribution in [0, 0.1) is 0 Å². The standard InChI is InChI=1S/C13H18N2O2S3/c1-2-7-14-9-12-5-6-13(19-12)20(16,17)15-10-11-4-3-8-18-11/h3-6,8,14-15H,2,7,9-10H2,1H3. The van der Waals surface area contributed by atoms with Crippen LogP contribution in [0.3, 0.4) is 0 Å². The minimum absolute atomic E-state index is 0.349. The van der Waals surface area contributed by atoms with Gasteiger partial charge in [0.05, 0.1) is 0 Å². The van der Waals surface area contributed by atoms with E-state index >= 15 is 0 Å². The monoisotopic (exact) mass is 330 g/mol. The van der Waals surface area contributed by atoms with Crippen LogP contribution in [0.25, 0.3) is 0 Å². The van der Waals surface area contributed by atoms with Gasteiger partial charge in [-0.3, -0.25) is 0 Å². The molecule has 0 spiro atoms. The quantitative estimate of drug-likeness (QED) is 0.732. The van der Waals surface area contributed by atoms with Crippen LogP contribution in [0.1, 0.15) is 23.1 Å². The first kappa shape index (κ1) is 15.7. The Morgan fingerprint density at radius 3 is 2.70 bits per heavy atom. The maximum Gasteiger partial charge on any atom is 0.250 e. The molecule has 4 nitrogen and oxygen atoms in total. The molecule has 2 N–H and O–H groups in total. The van der Waals surface area contributed by atoms with Gasteiger partial charge < -0.3 is 5.32 Å². The van der Waals surface area contributed by atoms with E-state index in [1.165, 1.54) is 11.3 Å². The molecule has 0 saturated carbocycles. The van der Waals surface area contributed by atoms with Crippen molar-refractivity contribution in [3.8, 4) is 0 Å². The Bertz CT molecular complexity index is 618. The predicted octanol–water partition coefficient (Wildman–Crippen LogP) is 2.79. The fourth-order valence-electron chi connectivity index (χ4n) is 1.64. The van der Waals surface area contributed by atoms with Gasteiger partial charge in [0.1, 0.15) is 4.21 Å². The van der Waals surface area contributed by atoms with E-state index < -0.39 is 10.0 Å². The number of hydrogen-bond donors (Lipinski definition) is 2. The zero-order chi connectivity index (χ0) is 14.4. The first-order chi connectivity index (χ1) is 9.62. The molecule has 20 heavy (non-hydrogen) atoms. The van der Waals surface area contributed by atoms with Crippen molar-refractivity contribution in [1.82, 2.24) is 10.0 Å². The van der Waals surface area contributed by atoms with Crippen LogP contribution in [-0.4, -0.2) is 15.0 Å². The Kier molecular flexibility index (Phi) is 5.74. The normalized spacial score (nSPS) is 11.8. The molecule has 0 bridgehead atoms. The lowest BCUT2D eigenvalue weighted by Gasteiger charge is -2.03. The minimum atomic E-state index is -3.40. The van der Waals surface area contributed by atoms with Crippen LogP contribution in [0.2, 0.25) is 0 Å². The van der Waals surface area contributed by atoms with Crippen molar-refractivity contribution in [1.29, 1.82) is 0 Å². The van der Waals surface area contributed by atoms with Crippen LogP contribution in [0.4, 0.5) is 0 Å². The number of sulfonamides is 1. The first-order valence-corrected chi connectivity index (χ1v) is 9.61. The van der Waals surface area contributed by atoms with Crippen molar-refractivity contribution in [3.63, 3.8) is 0 Å². The highest BCUT2D eigenvalue weighted by molar-refractivity contribution is 7.91. The Hall–Kier alpha value is -0.730. The fraction of sp³-hybridized carbons (Fsp3) is 0.385. The van der Waals surface area contributed by atoms with Gasteiger partial charge in [0.2, 0.25) is 10.0 Å². The van der Waals surface area contributed by atoms with Crippen molar-refractivity contribution in [2.24, 2.45) is 0 Å². The van der Waals surface area contributed by atoms with Gasteiger partial charge in [-0.15, -0.1) is 22.7 Å². The van der Waals surface area contributed by atoms with E-state index in [2.05, 4.69) is 17.0 Å². The Balaban J connectivity index is 1.95. The van der Waals surface area contributed by atoms with Gasteiger partial charge in [-0.05, 0) is 36.5 Å². The highest BCUT2D eigenvalue weighted by Gasteiger charge is 2.16. The predicted molar refractivity (Wildman–Crippen MR) is 84.7 cm³/mol. The second kappa shape index (κ2) is 7.33. The van der Waals surface area contributed by atoms with Crippen LogP contribution in [0.15, 0.2) is 33.9 Å². The SMILES string of the molecule is CCCNCc1ccc(S(=O)(=O)NCc2cccs2)s1. The third kappa shape index (κ3) is 4.39. The summed E-state index contributed by atoms with van der Waals surface area (Å²) in [5.74, 6) is 0. The van der Waals surface area contributed by atoms with E-state index in [4.69, 9.17) is 0 Å². The Morgan fingerprint density at radius 1 is 1.15 bits per heavy atom. The number of thiophene rings is 2. The highest BCUT2D eigenvalue weighted by atomic mass is 32.2. The van der Waals surface area contributed by atoms with E-state index in [0.29, 0.717) is 10.8 Å². The molecular weight excluding hydrogens is 312 g/mol. The van der Waals surface area contributed by atoms with Crippen molar-refractivity contribution in [2.75, 3.05) is 6.54 Å². The van der Waals surface area contributed by atoms with Crippen LogP contribution in [-0.2, 0) is 23.1 Å². The summed E-state index contributed by atoms with van der Waals surface area (Å²) in [7, 11) is -3.40. The second-order valence-corrected chi connectivity index (χ2v) is 8.50. The number of hydrogen-bond acceptors (Lipinski definition) is 5. The minimum Gasteiger partial charge on any atom is -0.312 e. The zero-order valence-corrected chi connectivity index (χ0v) is 13.7. The molecule has 0 saturated heterocycles. The average Bonchev–Trinajstić information content (AvgIpc) is 3.08. The molecule has 2 aromatic heterocycles. The van der Waals surface area contributed by atoms with E-state index in [0.717, 1.165) is 29.3 Å². The first-order valence-electron chi connectivity index (χ1n) is 6.43. The highest BCUT2D eigenvalue weighted by Crippen LogP contribution is 2.22. The summed E-state index contributed by atoms with van der Waals surface area (Å²) in [6, 6.07) is 7.37. The second-order valence-electron chi connectivity index (χ2n) is 4.30. The molecule has 0 fully saturated rings. The van der Waals surface area contributed by atoms with Crippen molar-refractivity contribution in [2.45, 2.75) is 30.6 Å². The Labute approximate surface area is 127 Å². The number of nitrogens with one attached hydrogen (secondary N) is 2. The van der Waals surface area contributed by atoms with Gasteiger partial charge in [0, 0.05) is 22.8 Å². The lowest BCUT2D eigenvalue weighted by atomic mass is 10.4. The van der Waals surface area contributed by atoms with Crippen molar-refractivity contribution < 1.29 is 8.42 Å². The van der Waals surface area contributed by atoms with Gasteiger partial charge in [-0.2, -0.15) is 0 Å². The Morgan fingerprint density at radius 2 is 2.00 bits per heavy atom. The fourth-order valence-corrected chi connectivity index (χ4v) is 4.75. The van der Waals surface area contributed by atoms with Crippen LogP contribution in [0.5, 0.6) is 0 Å². The molecule has 0 aliphatic heterocycles. The summed E-state index contributed by atoms with van der Waals surface area (Å²) in [6.07, 6.45) is 1.07. The van der Waals surface area contributed by atoms with Gasteiger partial charge in [-0.25, -0.2) is 13.1 Å². The summed E-state index contributed by atoms with van der Waals surface area (Å²) in [5.41, 5.74) is 0. The molecule has 0 radical (unpaired) electrons.